The first kappa shape index (κ1) is 28.6. The number of halogens is 2. The van der Waals surface area contributed by atoms with Gasteiger partial charge < -0.3 is 14.6 Å². The highest BCUT2D eigenvalue weighted by Gasteiger charge is 2.15. The molecule has 0 saturated carbocycles. The maximum atomic E-state index is 13.5. The van der Waals surface area contributed by atoms with Crippen LogP contribution < -0.4 is 10.2 Å². The van der Waals surface area contributed by atoms with Crippen molar-refractivity contribution in [2.75, 3.05) is 11.9 Å². The van der Waals surface area contributed by atoms with E-state index in [-0.39, 0.29) is 24.7 Å². The number of amides is 1. The van der Waals surface area contributed by atoms with Gasteiger partial charge in [-0.05, 0) is 66.8 Å². The third kappa shape index (κ3) is 8.30. The molecule has 0 aliphatic heterocycles. The molecule has 0 spiro atoms. The Hall–Kier alpha value is -4.40. The van der Waals surface area contributed by atoms with Crippen LogP contribution in [0.1, 0.15) is 49.1 Å². The Morgan fingerprint density at radius 2 is 1.60 bits per heavy atom. The summed E-state index contributed by atoms with van der Waals surface area (Å²) in [5, 5.41) is 10.5. The van der Waals surface area contributed by atoms with Gasteiger partial charge in [0.2, 0.25) is 17.6 Å². The maximum Gasteiger partial charge on any atom is 0.287 e. The minimum atomic E-state index is -0.876. The SMILES string of the molecule is CN(Cc1ccc(F)c(F)c1)c1ccc(-c2nnc(CNC(=O)C(=O)CCCCCCc3ccccc3)o2)cc1. The molecule has 1 amide bonds. The standard InChI is InChI=1S/C31H32F2N4O3/c1-37(21-23-13-18-26(32)27(33)19-23)25-16-14-24(15-17-25)31-36-35-29(40-31)20-34-30(39)28(38)12-8-3-2-5-9-22-10-6-4-7-11-22/h4,6-7,10-11,13-19H,2-3,5,8-9,12,20-21H2,1H3,(H,34,39). The van der Waals surface area contributed by atoms with E-state index in [1.807, 2.05) is 42.3 Å². The second kappa shape index (κ2) is 14.1. The number of nitrogens with zero attached hydrogens (tertiary/aromatic N) is 3. The minimum absolute atomic E-state index is 0.0380. The number of rotatable bonds is 14. The highest BCUT2D eigenvalue weighted by Crippen LogP contribution is 2.23. The number of unbranched alkanes of at least 4 members (excludes halogenated alkanes) is 3. The first-order chi connectivity index (χ1) is 19.4. The molecule has 4 aromatic rings. The Balaban J connectivity index is 1.17. The zero-order valence-corrected chi connectivity index (χ0v) is 22.4. The second-order valence-corrected chi connectivity index (χ2v) is 9.66. The highest BCUT2D eigenvalue weighted by molar-refractivity contribution is 6.36. The average molecular weight is 547 g/mol. The Kier molecular flexibility index (Phi) is 10.1. The number of ketones is 1. The molecule has 1 N–H and O–H groups in total. The van der Waals surface area contributed by atoms with Crippen molar-refractivity contribution in [1.29, 1.82) is 0 Å². The molecule has 1 heterocycles. The van der Waals surface area contributed by atoms with E-state index in [2.05, 4.69) is 27.6 Å². The van der Waals surface area contributed by atoms with Crippen LogP contribution >= 0.6 is 0 Å². The number of aromatic nitrogens is 2. The first-order valence-corrected chi connectivity index (χ1v) is 13.3. The Morgan fingerprint density at radius 3 is 2.35 bits per heavy atom. The number of hydrogen-bond donors (Lipinski definition) is 1. The van der Waals surface area contributed by atoms with Crippen molar-refractivity contribution in [3.63, 3.8) is 0 Å². The van der Waals surface area contributed by atoms with Crippen molar-refractivity contribution >= 4 is 17.4 Å². The third-order valence-electron chi connectivity index (χ3n) is 6.54. The van der Waals surface area contributed by atoms with Gasteiger partial charge in [0.15, 0.2) is 11.6 Å². The summed E-state index contributed by atoms with van der Waals surface area (Å²) in [7, 11) is 1.84. The lowest BCUT2D eigenvalue weighted by molar-refractivity contribution is -0.138. The topological polar surface area (TPSA) is 88.3 Å². The number of anilines is 1. The fourth-order valence-corrected chi connectivity index (χ4v) is 4.28. The lowest BCUT2D eigenvalue weighted by Gasteiger charge is -2.19. The van der Waals surface area contributed by atoms with Gasteiger partial charge in [-0.3, -0.25) is 9.59 Å². The molecule has 0 aliphatic carbocycles. The van der Waals surface area contributed by atoms with Gasteiger partial charge in [0, 0.05) is 31.3 Å². The first-order valence-electron chi connectivity index (χ1n) is 13.3. The van der Waals surface area contributed by atoms with Crippen molar-refractivity contribution in [2.24, 2.45) is 0 Å². The van der Waals surface area contributed by atoms with Crippen LogP contribution in [-0.4, -0.2) is 28.9 Å². The number of aryl methyl sites for hydroxylation is 1. The molecule has 4 rings (SSSR count). The van der Waals surface area contributed by atoms with E-state index in [0.29, 0.717) is 24.1 Å². The lowest BCUT2D eigenvalue weighted by Crippen LogP contribution is -2.30. The van der Waals surface area contributed by atoms with Crippen LogP contribution in [0, 0.1) is 11.6 Å². The molecule has 3 aromatic carbocycles. The number of carbonyl (C=O) groups is 2. The molecule has 208 valence electrons. The molecule has 0 aliphatic rings. The van der Waals surface area contributed by atoms with E-state index in [4.69, 9.17) is 4.42 Å². The molecular weight excluding hydrogens is 514 g/mol. The van der Waals surface area contributed by atoms with Gasteiger partial charge in [0.25, 0.3) is 5.91 Å². The van der Waals surface area contributed by atoms with Crippen molar-refractivity contribution in [1.82, 2.24) is 15.5 Å². The molecule has 0 unspecified atom stereocenters. The van der Waals surface area contributed by atoms with Gasteiger partial charge in [0.1, 0.15) is 0 Å². The van der Waals surface area contributed by atoms with Gasteiger partial charge in [-0.1, -0.05) is 49.2 Å². The van der Waals surface area contributed by atoms with Crippen LogP contribution in [0.4, 0.5) is 14.5 Å². The van der Waals surface area contributed by atoms with Crippen LogP contribution in [0.5, 0.6) is 0 Å². The smallest absolute Gasteiger partial charge is 0.287 e. The molecule has 0 radical (unpaired) electrons. The number of carbonyl (C=O) groups excluding carboxylic acids is 2. The van der Waals surface area contributed by atoms with Gasteiger partial charge in [-0.2, -0.15) is 0 Å². The maximum absolute atomic E-state index is 13.5. The van der Waals surface area contributed by atoms with Gasteiger partial charge in [-0.15, -0.1) is 10.2 Å². The summed E-state index contributed by atoms with van der Waals surface area (Å²) in [6, 6.07) is 21.4. The Labute approximate surface area is 232 Å². The van der Waals surface area contributed by atoms with Crippen LogP contribution in [0.2, 0.25) is 0 Å². The highest BCUT2D eigenvalue weighted by atomic mass is 19.2. The molecule has 7 nitrogen and oxygen atoms in total. The zero-order chi connectivity index (χ0) is 28.3. The van der Waals surface area contributed by atoms with E-state index < -0.39 is 23.3 Å². The van der Waals surface area contributed by atoms with Crippen LogP contribution in [0.3, 0.4) is 0 Å². The number of hydrogen-bond acceptors (Lipinski definition) is 6. The Morgan fingerprint density at radius 1 is 0.850 bits per heavy atom. The van der Waals surface area contributed by atoms with E-state index in [1.165, 1.54) is 11.6 Å². The lowest BCUT2D eigenvalue weighted by atomic mass is 10.0. The number of Topliss-reactive ketones (excluding diaryl/α,β-unsaturated/α-hetero) is 1. The van der Waals surface area contributed by atoms with Gasteiger partial charge in [-0.25, -0.2) is 8.78 Å². The van der Waals surface area contributed by atoms with Gasteiger partial charge in [0.05, 0.1) is 6.54 Å². The van der Waals surface area contributed by atoms with Crippen LogP contribution in [0.25, 0.3) is 11.5 Å². The van der Waals surface area contributed by atoms with E-state index >= 15 is 0 Å². The van der Waals surface area contributed by atoms with Crippen molar-refractivity contribution < 1.29 is 22.8 Å². The molecule has 0 atom stereocenters. The molecular formula is C31H32F2N4O3. The summed E-state index contributed by atoms with van der Waals surface area (Å²) >= 11 is 0. The van der Waals surface area contributed by atoms with Crippen molar-refractivity contribution in [3.8, 4) is 11.5 Å². The molecule has 0 saturated heterocycles. The molecule has 1 aromatic heterocycles. The quantitative estimate of drug-likeness (QED) is 0.154. The van der Waals surface area contributed by atoms with E-state index in [1.54, 1.807) is 18.2 Å². The summed E-state index contributed by atoms with van der Waals surface area (Å²) in [5.74, 6) is -2.39. The summed E-state index contributed by atoms with van der Waals surface area (Å²) in [4.78, 5) is 26.2. The number of benzene rings is 3. The number of nitrogens with one attached hydrogen (secondary N) is 1. The zero-order valence-electron chi connectivity index (χ0n) is 22.4. The molecule has 0 fully saturated rings. The van der Waals surface area contributed by atoms with E-state index in [9.17, 15) is 18.4 Å². The molecule has 9 heteroatoms. The van der Waals surface area contributed by atoms with Crippen molar-refractivity contribution in [3.05, 3.63) is 101 Å². The fraction of sp³-hybridized carbons (Fsp3) is 0.290. The fourth-order valence-electron chi connectivity index (χ4n) is 4.28. The van der Waals surface area contributed by atoms with Gasteiger partial charge >= 0.3 is 0 Å². The predicted molar refractivity (Wildman–Crippen MR) is 148 cm³/mol. The molecule has 40 heavy (non-hydrogen) atoms. The Bertz CT molecular complexity index is 1410. The monoisotopic (exact) mass is 546 g/mol. The van der Waals surface area contributed by atoms with E-state index in [0.717, 1.165) is 37.4 Å². The predicted octanol–water partition coefficient (Wildman–Crippen LogP) is 6.03. The van der Waals surface area contributed by atoms with Crippen LogP contribution in [-0.2, 0) is 29.1 Å². The minimum Gasteiger partial charge on any atom is -0.419 e. The average Bonchev–Trinajstić information content (AvgIpc) is 3.45. The van der Waals surface area contributed by atoms with Crippen molar-refractivity contribution in [2.45, 2.75) is 51.6 Å². The summed E-state index contributed by atoms with van der Waals surface area (Å²) < 4.78 is 32.3. The van der Waals surface area contributed by atoms with Crippen LogP contribution in [0.15, 0.2) is 77.2 Å². The molecule has 0 bridgehead atoms. The summed E-state index contributed by atoms with van der Waals surface area (Å²) in [5.41, 5.74) is 3.49. The largest absolute Gasteiger partial charge is 0.419 e. The summed E-state index contributed by atoms with van der Waals surface area (Å²) in [6.45, 7) is 0.359. The second-order valence-electron chi connectivity index (χ2n) is 9.66. The third-order valence-corrected chi connectivity index (χ3v) is 6.54. The normalized spacial score (nSPS) is 10.9. The summed E-state index contributed by atoms with van der Waals surface area (Å²) in [6.07, 6.45) is 4.88.